The van der Waals surface area contributed by atoms with Gasteiger partial charge in [0, 0.05) is 18.7 Å². The molecule has 0 saturated heterocycles. The Morgan fingerprint density at radius 3 is 2.43 bits per heavy atom. The van der Waals surface area contributed by atoms with Crippen LogP contribution in [0.1, 0.15) is 32.7 Å². The van der Waals surface area contributed by atoms with Crippen molar-refractivity contribution in [1.29, 1.82) is 0 Å². The zero-order valence-corrected chi connectivity index (χ0v) is 16.4. The van der Waals surface area contributed by atoms with Crippen molar-refractivity contribution in [3.05, 3.63) is 95.6 Å². The van der Waals surface area contributed by atoms with Gasteiger partial charge in [0.1, 0.15) is 0 Å². The topological polar surface area (TPSA) is 61.4 Å². The minimum absolute atomic E-state index is 0.0304. The molecule has 0 atom stereocenters. The van der Waals surface area contributed by atoms with E-state index in [0.717, 1.165) is 17.8 Å². The second kappa shape index (κ2) is 7.52. The predicted molar refractivity (Wildman–Crippen MR) is 119 cm³/mol. The summed E-state index contributed by atoms with van der Waals surface area (Å²) in [6.07, 6.45) is 2.95. The first-order valence-corrected chi connectivity index (χ1v) is 10.0. The third kappa shape index (κ3) is 3.35. The zero-order chi connectivity index (χ0) is 20.5. The number of rotatable bonds is 2. The third-order valence-electron chi connectivity index (χ3n) is 5.60. The summed E-state index contributed by atoms with van der Waals surface area (Å²) >= 11 is 0. The van der Waals surface area contributed by atoms with Crippen molar-refractivity contribution in [1.82, 2.24) is 4.90 Å². The maximum atomic E-state index is 13.1. The molecule has 2 heterocycles. The van der Waals surface area contributed by atoms with Crippen LogP contribution in [0.5, 0.6) is 0 Å². The fraction of sp³-hybridized carbons (Fsp3) is 0.120. The lowest BCUT2D eigenvalue weighted by atomic mass is 9.99. The fourth-order valence-corrected chi connectivity index (χ4v) is 3.97. The van der Waals surface area contributed by atoms with Crippen molar-refractivity contribution in [2.24, 2.45) is 0 Å². The normalized spacial score (nSPS) is 15.1. The molecule has 0 spiro atoms. The Balaban J connectivity index is 1.36. The number of benzene rings is 3. The number of hydrogen-bond acceptors (Lipinski definition) is 3. The Bertz CT molecular complexity index is 1170. The van der Waals surface area contributed by atoms with Crippen LogP contribution in [0.4, 0.5) is 17.1 Å². The lowest BCUT2D eigenvalue weighted by Crippen LogP contribution is -2.34. The number of nitrogens with one attached hydrogen (secondary N) is 2. The van der Waals surface area contributed by atoms with E-state index in [0.29, 0.717) is 29.9 Å². The summed E-state index contributed by atoms with van der Waals surface area (Å²) in [5.41, 5.74) is 5.77. The van der Waals surface area contributed by atoms with Gasteiger partial charge in [-0.3, -0.25) is 9.59 Å². The van der Waals surface area contributed by atoms with Crippen LogP contribution in [-0.4, -0.2) is 29.8 Å². The van der Waals surface area contributed by atoms with Crippen LogP contribution in [0.2, 0.25) is 0 Å². The van der Waals surface area contributed by atoms with E-state index in [4.69, 9.17) is 0 Å². The number of carbonyl (C=O) groups excluding carboxylic acids is 2. The van der Waals surface area contributed by atoms with Gasteiger partial charge in [-0.25, -0.2) is 0 Å². The van der Waals surface area contributed by atoms with Crippen LogP contribution >= 0.6 is 0 Å². The van der Waals surface area contributed by atoms with Gasteiger partial charge in [0.25, 0.3) is 11.8 Å². The molecule has 0 fully saturated rings. The lowest BCUT2D eigenvalue weighted by Gasteiger charge is -2.27. The summed E-state index contributed by atoms with van der Waals surface area (Å²) in [4.78, 5) is 27.5. The highest BCUT2D eigenvalue weighted by molar-refractivity contribution is 6.12. The van der Waals surface area contributed by atoms with E-state index in [-0.39, 0.29) is 11.8 Å². The number of hydrogen-bond donors (Lipinski definition) is 2. The Morgan fingerprint density at radius 1 is 0.833 bits per heavy atom. The lowest BCUT2D eigenvalue weighted by molar-refractivity contribution is 0.0772. The van der Waals surface area contributed by atoms with Gasteiger partial charge in [-0.15, -0.1) is 0 Å². The number of carbonyl (C=O) groups is 2. The molecule has 5 heteroatoms. The SMILES string of the molecule is O=C1Nc2cc(C(=O)N3CC=C(c4ccccc4)CC3)ccc2Nc2ccccc21. The van der Waals surface area contributed by atoms with Gasteiger partial charge in [0.2, 0.25) is 0 Å². The van der Waals surface area contributed by atoms with Gasteiger partial charge in [-0.2, -0.15) is 0 Å². The Morgan fingerprint density at radius 2 is 1.63 bits per heavy atom. The van der Waals surface area contributed by atoms with Crippen molar-refractivity contribution >= 4 is 34.4 Å². The Labute approximate surface area is 175 Å². The highest BCUT2D eigenvalue weighted by atomic mass is 16.2. The minimum Gasteiger partial charge on any atom is -0.353 e. The second-order valence-corrected chi connectivity index (χ2v) is 7.48. The molecule has 5 rings (SSSR count). The van der Waals surface area contributed by atoms with E-state index in [1.807, 2.05) is 53.4 Å². The smallest absolute Gasteiger partial charge is 0.257 e. The third-order valence-corrected chi connectivity index (χ3v) is 5.60. The summed E-state index contributed by atoms with van der Waals surface area (Å²) in [7, 11) is 0. The van der Waals surface area contributed by atoms with Gasteiger partial charge < -0.3 is 15.5 Å². The molecule has 2 aliphatic rings. The van der Waals surface area contributed by atoms with Crippen LogP contribution in [0, 0.1) is 0 Å². The van der Waals surface area contributed by atoms with Crippen molar-refractivity contribution in [3.8, 4) is 0 Å². The van der Waals surface area contributed by atoms with Crippen molar-refractivity contribution in [2.45, 2.75) is 6.42 Å². The monoisotopic (exact) mass is 395 g/mol. The summed E-state index contributed by atoms with van der Waals surface area (Å²) in [6, 6.07) is 23.0. The summed E-state index contributed by atoms with van der Waals surface area (Å²) in [5, 5.41) is 6.21. The minimum atomic E-state index is -0.185. The van der Waals surface area contributed by atoms with E-state index < -0.39 is 0 Å². The largest absolute Gasteiger partial charge is 0.353 e. The highest BCUT2D eigenvalue weighted by Crippen LogP contribution is 2.33. The second-order valence-electron chi connectivity index (χ2n) is 7.48. The first-order chi connectivity index (χ1) is 14.7. The quantitative estimate of drug-likeness (QED) is 0.647. The first kappa shape index (κ1) is 18.2. The average molecular weight is 395 g/mol. The summed E-state index contributed by atoms with van der Waals surface area (Å²) in [5.74, 6) is -0.216. The molecule has 0 bridgehead atoms. The van der Waals surface area contributed by atoms with Gasteiger partial charge in [0.15, 0.2) is 0 Å². The highest BCUT2D eigenvalue weighted by Gasteiger charge is 2.23. The molecule has 5 nitrogen and oxygen atoms in total. The molecule has 0 radical (unpaired) electrons. The standard InChI is InChI=1S/C25H21N3O2/c29-24-20-8-4-5-9-21(20)26-22-11-10-19(16-23(22)27-24)25(30)28-14-12-18(13-15-28)17-6-2-1-3-7-17/h1-12,16,26H,13-15H2,(H,27,29). The molecule has 2 aliphatic heterocycles. The van der Waals surface area contributed by atoms with Crippen molar-refractivity contribution in [3.63, 3.8) is 0 Å². The van der Waals surface area contributed by atoms with E-state index >= 15 is 0 Å². The number of fused-ring (bicyclic) bond motifs is 2. The number of amides is 2. The molecular formula is C25H21N3O2. The molecule has 2 N–H and O–H groups in total. The van der Waals surface area contributed by atoms with Gasteiger partial charge >= 0.3 is 0 Å². The van der Waals surface area contributed by atoms with Crippen LogP contribution in [0.25, 0.3) is 5.57 Å². The van der Waals surface area contributed by atoms with Crippen LogP contribution in [-0.2, 0) is 0 Å². The average Bonchev–Trinajstić information content (AvgIpc) is 2.94. The first-order valence-electron chi connectivity index (χ1n) is 10.0. The van der Waals surface area contributed by atoms with Crippen LogP contribution in [0.3, 0.4) is 0 Å². The van der Waals surface area contributed by atoms with Gasteiger partial charge in [-0.1, -0.05) is 48.5 Å². The fourth-order valence-electron chi connectivity index (χ4n) is 3.97. The predicted octanol–water partition coefficient (Wildman–Crippen LogP) is 4.93. The van der Waals surface area contributed by atoms with Crippen molar-refractivity contribution < 1.29 is 9.59 Å². The van der Waals surface area contributed by atoms with Crippen LogP contribution < -0.4 is 10.6 Å². The number of anilines is 3. The maximum absolute atomic E-state index is 13.1. The molecule has 0 aliphatic carbocycles. The summed E-state index contributed by atoms with van der Waals surface area (Å²) < 4.78 is 0. The van der Waals surface area contributed by atoms with E-state index in [1.165, 1.54) is 11.1 Å². The number of para-hydroxylation sites is 1. The molecule has 0 unspecified atom stereocenters. The Kier molecular flexibility index (Phi) is 4.56. The van der Waals surface area contributed by atoms with Crippen molar-refractivity contribution in [2.75, 3.05) is 23.7 Å². The molecule has 2 amide bonds. The van der Waals surface area contributed by atoms with E-state index in [2.05, 4.69) is 28.8 Å². The molecule has 0 saturated carbocycles. The van der Waals surface area contributed by atoms with E-state index in [1.54, 1.807) is 12.1 Å². The van der Waals surface area contributed by atoms with E-state index in [9.17, 15) is 9.59 Å². The molecular weight excluding hydrogens is 374 g/mol. The molecule has 3 aromatic carbocycles. The Hall–Kier alpha value is -3.86. The maximum Gasteiger partial charge on any atom is 0.257 e. The summed E-state index contributed by atoms with van der Waals surface area (Å²) in [6.45, 7) is 1.25. The van der Waals surface area contributed by atoms with Gasteiger partial charge in [0.05, 0.1) is 22.6 Å². The zero-order valence-electron chi connectivity index (χ0n) is 16.4. The molecule has 148 valence electrons. The number of nitrogens with zero attached hydrogens (tertiary/aromatic N) is 1. The molecule has 30 heavy (non-hydrogen) atoms. The van der Waals surface area contributed by atoms with Gasteiger partial charge in [-0.05, 0) is 47.9 Å². The molecule has 3 aromatic rings. The van der Waals surface area contributed by atoms with Crippen LogP contribution in [0.15, 0.2) is 78.9 Å². The molecule has 0 aromatic heterocycles.